The van der Waals surface area contributed by atoms with Gasteiger partial charge in [0, 0.05) is 16.5 Å². The molecule has 0 spiro atoms. The summed E-state index contributed by atoms with van der Waals surface area (Å²) in [7, 11) is 0. The molecule has 0 aromatic heterocycles. The van der Waals surface area contributed by atoms with Gasteiger partial charge in [0.1, 0.15) is 0 Å². The lowest BCUT2D eigenvalue weighted by Crippen LogP contribution is -2.36. The standard InChI is InChI=1S/C18H15BrO2/c1-11-16(10-12-6-8-13(19)9-7-12)18(21)15-5-3-2-4-14(15)17(11)20/h2-9,14-15H,10H2,1H3. The van der Waals surface area contributed by atoms with E-state index in [1.165, 1.54) is 0 Å². The average Bonchev–Trinajstić information content (AvgIpc) is 2.51. The van der Waals surface area contributed by atoms with Crippen molar-refractivity contribution in [2.45, 2.75) is 13.3 Å². The van der Waals surface area contributed by atoms with Crippen LogP contribution in [0.15, 0.2) is 64.2 Å². The molecule has 0 aliphatic heterocycles. The molecule has 2 atom stereocenters. The number of ketones is 2. The van der Waals surface area contributed by atoms with Crippen LogP contribution in [0.1, 0.15) is 12.5 Å². The molecule has 2 nitrogen and oxygen atoms in total. The quantitative estimate of drug-likeness (QED) is 0.818. The Balaban J connectivity index is 1.96. The number of benzene rings is 1. The van der Waals surface area contributed by atoms with Crippen molar-refractivity contribution in [3.05, 3.63) is 69.8 Å². The van der Waals surface area contributed by atoms with Crippen LogP contribution in [-0.4, -0.2) is 11.6 Å². The zero-order valence-electron chi connectivity index (χ0n) is 11.7. The maximum absolute atomic E-state index is 12.7. The maximum Gasteiger partial charge on any atom is 0.167 e. The van der Waals surface area contributed by atoms with Crippen molar-refractivity contribution < 1.29 is 9.59 Å². The van der Waals surface area contributed by atoms with Gasteiger partial charge in [-0.25, -0.2) is 0 Å². The van der Waals surface area contributed by atoms with Crippen LogP contribution in [0.3, 0.4) is 0 Å². The van der Waals surface area contributed by atoms with E-state index in [2.05, 4.69) is 15.9 Å². The highest BCUT2D eigenvalue weighted by molar-refractivity contribution is 9.10. The van der Waals surface area contributed by atoms with Crippen LogP contribution < -0.4 is 0 Å². The number of allylic oxidation sites excluding steroid dienone is 6. The van der Waals surface area contributed by atoms with Crippen LogP contribution in [0.2, 0.25) is 0 Å². The summed E-state index contributed by atoms with van der Waals surface area (Å²) in [6.07, 6.45) is 7.90. The predicted molar refractivity (Wildman–Crippen MR) is 85.8 cm³/mol. The van der Waals surface area contributed by atoms with Gasteiger partial charge in [-0.2, -0.15) is 0 Å². The largest absolute Gasteiger partial charge is 0.294 e. The highest BCUT2D eigenvalue weighted by Crippen LogP contribution is 2.34. The van der Waals surface area contributed by atoms with Gasteiger partial charge in [-0.15, -0.1) is 0 Å². The van der Waals surface area contributed by atoms with Crippen LogP contribution in [0.25, 0.3) is 0 Å². The molecule has 1 aromatic carbocycles. The lowest BCUT2D eigenvalue weighted by Gasteiger charge is -2.29. The Morgan fingerprint density at radius 2 is 1.52 bits per heavy atom. The fraction of sp³-hybridized carbons (Fsp3) is 0.222. The molecule has 0 saturated carbocycles. The van der Waals surface area contributed by atoms with E-state index < -0.39 is 0 Å². The molecule has 0 bridgehead atoms. The monoisotopic (exact) mass is 342 g/mol. The molecule has 2 aliphatic carbocycles. The second kappa shape index (κ2) is 5.57. The Morgan fingerprint density at radius 3 is 2.14 bits per heavy atom. The van der Waals surface area contributed by atoms with Gasteiger partial charge in [0.05, 0.1) is 11.8 Å². The Bertz CT molecular complexity index is 692. The molecule has 3 rings (SSSR count). The summed E-state index contributed by atoms with van der Waals surface area (Å²) < 4.78 is 1.00. The van der Waals surface area contributed by atoms with Gasteiger partial charge in [-0.3, -0.25) is 9.59 Å². The van der Waals surface area contributed by atoms with E-state index in [1.807, 2.05) is 48.6 Å². The van der Waals surface area contributed by atoms with Gasteiger partial charge in [-0.05, 0) is 30.2 Å². The van der Waals surface area contributed by atoms with E-state index >= 15 is 0 Å². The smallest absolute Gasteiger partial charge is 0.167 e. The summed E-state index contributed by atoms with van der Waals surface area (Å²) in [6, 6.07) is 7.86. The Morgan fingerprint density at radius 1 is 0.952 bits per heavy atom. The molecule has 106 valence electrons. The molecule has 3 heteroatoms. The van der Waals surface area contributed by atoms with Gasteiger partial charge in [0.2, 0.25) is 0 Å². The summed E-state index contributed by atoms with van der Waals surface area (Å²) in [5.41, 5.74) is 2.31. The number of carbonyl (C=O) groups is 2. The van der Waals surface area contributed by atoms with Gasteiger partial charge >= 0.3 is 0 Å². The number of hydrogen-bond donors (Lipinski definition) is 0. The fourth-order valence-electron chi connectivity index (χ4n) is 2.92. The van der Waals surface area contributed by atoms with E-state index in [1.54, 1.807) is 6.92 Å². The van der Waals surface area contributed by atoms with Crippen molar-refractivity contribution in [1.82, 2.24) is 0 Å². The topological polar surface area (TPSA) is 34.1 Å². The first-order chi connectivity index (χ1) is 10.1. The summed E-state index contributed by atoms with van der Waals surface area (Å²) >= 11 is 3.40. The molecular formula is C18H15BrO2. The van der Waals surface area contributed by atoms with Crippen molar-refractivity contribution in [2.24, 2.45) is 11.8 Å². The lowest BCUT2D eigenvalue weighted by atomic mass is 9.71. The lowest BCUT2D eigenvalue weighted by molar-refractivity contribution is -0.127. The van der Waals surface area contributed by atoms with Gasteiger partial charge in [0.15, 0.2) is 11.6 Å². The number of carbonyl (C=O) groups excluding carboxylic acids is 2. The average molecular weight is 343 g/mol. The third-order valence-corrected chi connectivity index (χ3v) is 4.68. The van der Waals surface area contributed by atoms with Crippen LogP contribution >= 0.6 is 15.9 Å². The van der Waals surface area contributed by atoms with Gasteiger partial charge in [0.25, 0.3) is 0 Å². The van der Waals surface area contributed by atoms with Gasteiger partial charge < -0.3 is 0 Å². The van der Waals surface area contributed by atoms with E-state index in [4.69, 9.17) is 0 Å². The highest BCUT2D eigenvalue weighted by Gasteiger charge is 2.39. The van der Waals surface area contributed by atoms with E-state index in [0.29, 0.717) is 17.6 Å². The number of Topliss-reactive ketones (excluding diaryl/α,β-unsaturated/α-hetero) is 2. The number of halogens is 1. The van der Waals surface area contributed by atoms with E-state index in [-0.39, 0.29) is 23.4 Å². The molecule has 0 radical (unpaired) electrons. The fourth-order valence-corrected chi connectivity index (χ4v) is 3.18. The molecule has 0 amide bonds. The van der Waals surface area contributed by atoms with E-state index in [0.717, 1.165) is 10.0 Å². The Labute approximate surface area is 132 Å². The van der Waals surface area contributed by atoms with E-state index in [9.17, 15) is 9.59 Å². The minimum Gasteiger partial charge on any atom is -0.294 e. The maximum atomic E-state index is 12.7. The molecule has 1 aromatic rings. The first-order valence-electron chi connectivity index (χ1n) is 6.95. The third kappa shape index (κ3) is 2.58. The predicted octanol–water partition coefficient (Wildman–Crippen LogP) is 3.82. The van der Waals surface area contributed by atoms with Crippen LogP contribution in [0, 0.1) is 11.8 Å². The van der Waals surface area contributed by atoms with Gasteiger partial charge in [-0.1, -0.05) is 52.4 Å². The summed E-state index contributed by atoms with van der Waals surface area (Å²) in [5, 5.41) is 0. The zero-order valence-corrected chi connectivity index (χ0v) is 13.3. The first-order valence-corrected chi connectivity index (χ1v) is 7.75. The number of fused-ring (bicyclic) bond motifs is 1. The minimum atomic E-state index is -0.323. The highest BCUT2D eigenvalue weighted by atomic mass is 79.9. The molecule has 0 fully saturated rings. The second-order valence-electron chi connectivity index (χ2n) is 5.46. The summed E-state index contributed by atoms with van der Waals surface area (Å²) in [4.78, 5) is 25.1. The summed E-state index contributed by atoms with van der Waals surface area (Å²) in [6.45, 7) is 1.77. The zero-order chi connectivity index (χ0) is 15.0. The summed E-state index contributed by atoms with van der Waals surface area (Å²) in [5.74, 6) is -0.472. The minimum absolute atomic E-state index is 0.0762. The van der Waals surface area contributed by atoms with Crippen molar-refractivity contribution in [2.75, 3.05) is 0 Å². The normalized spacial score (nSPS) is 24.5. The van der Waals surface area contributed by atoms with Crippen molar-refractivity contribution >= 4 is 27.5 Å². The van der Waals surface area contributed by atoms with Crippen LogP contribution in [0.4, 0.5) is 0 Å². The second-order valence-corrected chi connectivity index (χ2v) is 6.37. The SMILES string of the molecule is CC1=C(Cc2ccc(Br)cc2)C(=O)C2C=CC=CC2C1=O. The molecular weight excluding hydrogens is 328 g/mol. The van der Waals surface area contributed by atoms with Crippen LogP contribution in [0.5, 0.6) is 0 Å². The first kappa shape index (κ1) is 14.2. The molecule has 2 unspecified atom stereocenters. The number of hydrogen-bond acceptors (Lipinski definition) is 2. The third-order valence-electron chi connectivity index (χ3n) is 4.15. The Kier molecular flexibility index (Phi) is 3.77. The number of rotatable bonds is 2. The Hall–Kier alpha value is -1.74. The van der Waals surface area contributed by atoms with Crippen molar-refractivity contribution in [1.29, 1.82) is 0 Å². The van der Waals surface area contributed by atoms with Crippen molar-refractivity contribution in [3.63, 3.8) is 0 Å². The molecule has 0 heterocycles. The van der Waals surface area contributed by atoms with Crippen LogP contribution in [-0.2, 0) is 16.0 Å². The van der Waals surface area contributed by atoms with Crippen molar-refractivity contribution in [3.8, 4) is 0 Å². The molecule has 2 aliphatic rings. The molecule has 0 saturated heterocycles. The molecule has 21 heavy (non-hydrogen) atoms. The molecule has 0 N–H and O–H groups in total.